The molecule has 122 valence electrons. The summed E-state index contributed by atoms with van der Waals surface area (Å²) >= 11 is 0. The van der Waals surface area contributed by atoms with Gasteiger partial charge in [-0.1, -0.05) is 13.8 Å². The number of sulfone groups is 1. The van der Waals surface area contributed by atoms with E-state index >= 15 is 0 Å². The summed E-state index contributed by atoms with van der Waals surface area (Å²) in [6.07, 6.45) is 0.169. The van der Waals surface area contributed by atoms with Gasteiger partial charge in [-0.05, 0) is 37.1 Å². The van der Waals surface area contributed by atoms with E-state index in [0.717, 1.165) is 6.26 Å². The standard InChI is InChI=1S/C15H21NO5S/c1-10(2)9-16-14(17)11(3)21-15(18)12-5-7-13(8-6-12)22(4,19)20/h5-8,10-11H,9H2,1-4H3,(H,16,17)/t11-/m0/s1. The molecule has 0 heterocycles. The highest BCUT2D eigenvalue weighted by Gasteiger charge is 2.19. The zero-order chi connectivity index (χ0) is 16.9. The van der Waals surface area contributed by atoms with Gasteiger partial charge in [-0.25, -0.2) is 13.2 Å². The van der Waals surface area contributed by atoms with Gasteiger partial charge in [0.25, 0.3) is 5.91 Å². The Morgan fingerprint density at radius 3 is 2.14 bits per heavy atom. The van der Waals surface area contributed by atoms with E-state index in [0.29, 0.717) is 12.5 Å². The summed E-state index contributed by atoms with van der Waals surface area (Å²) in [5.74, 6) is -0.738. The van der Waals surface area contributed by atoms with Crippen molar-refractivity contribution in [2.24, 2.45) is 5.92 Å². The molecule has 0 unspecified atom stereocenters. The van der Waals surface area contributed by atoms with Crippen LogP contribution in [0.1, 0.15) is 31.1 Å². The van der Waals surface area contributed by atoms with E-state index in [1.165, 1.54) is 31.2 Å². The number of benzene rings is 1. The maximum atomic E-state index is 11.9. The van der Waals surface area contributed by atoms with Crippen molar-refractivity contribution in [3.8, 4) is 0 Å². The van der Waals surface area contributed by atoms with Gasteiger partial charge >= 0.3 is 5.97 Å². The fraction of sp³-hybridized carbons (Fsp3) is 0.467. The molecule has 0 aliphatic heterocycles. The van der Waals surface area contributed by atoms with Crippen molar-refractivity contribution >= 4 is 21.7 Å². The van der Waals surface area contributed by atoms with E-state index < -0.39 is 21.9 Å². The molecule has 0 aliphatic carbocycles. The third-order valence-electron chi connectivity index (χ3n) is 2.86. The predicted molar refractivity (Wildman–Crippen MR) is 82.3 cm³/mol. The fourth-order valence-corrected chi connectivity index (χ4v) is 2.20. The van der Waals surface area contributed by atoms with Gasteiger partial charge in [0.05, 0.1) is 10.5 Å². The molecule has 1 aromatic rings. The lowest BCUT2D eigenvalue weighted by Crippen LogP contribution is -2.37. The number of esters is 1. The fourth-order valence-electron chi connectivity index (χ4n) is 1.57. The highest BCUT2D eigenvalue weighted by atomic mass is 32.2. The Hall–Kier alpha value is -1.89. The summed E-state index contributed by atoms with van der Waals surface area (Å²) in [7, 11) is -3.31. The average molecular weight is 327 g/mol. The molecule has 0 saturated heterocycles. The van der Waals surface area contributed by atoms with Crippen LogP contribution in [-0.4, -0.2) is 39.2 Å². The molecule has 0 spiro atoms. The largest absolute Gasteiger partial charge is 0.449 e. The topological polar surface area (TPSA) is 89.5 Å². The molecular formula is C15H21NO5S. The maximum Gasteiger partial charge on any atom is 0.338 e. The first-order valence-electron chi connectivity index (χ1n) is 6.90. The van der Waals surface area contributed by atoms with Gasteiger partial charge in [0.1, 0.15) is 0 Å². The maximum absolute atomic E-state index is 11.9. The van der Waals surface area contributed by atoms with E-state index in [1.54, 1.807) is 0 Å². The van der Waals surface area contributed by atoms with E-state index in [-0.39, 0.29) is 16.4 Å². The van der Waals surface area contributed by atoms with Gasteiger partial charge in [-0.2, -0.15) is 0 Å². The summed E-state index contributed by atoms with van der Waals surface area (Å²) in [4.78, 5) is 23.8. The number of ether oxygens (including phenoxy) is 1. The molecule has 1 rings (SSSR count). The van der Waals surface area contributed by atoms with Crippen molar-refractivity contribution < 1.29 is 22.7 Å². The Balaban J connectivity index is 2.67. The molecule has 1 amide bonds. The summed E-state index contributed by atoms with van der Waals surface area (Å²) in [6, 6.07) is 5.37. The van der Waals surface area contributed by atoms with E-state index in [9.17, 15) is 18.0 Å². The summed E-state index contributed by atoms with van der Waals surface area (Å²) in [5, 5.41) is 2.67. The minimum absolute atomic E-state index is 0.117. The van der Waals surface area contributed by atoms with Crippen LogP contribution in [0, 0.1) is 5.92 Å². The Bertz CT molecular complexity index is 634. The number of nitrogens with one attached hydrogen (secondary N) is 1. The van der Waals surface area contributed by atoms with Crippen LogP contribution in [0.15, 0.2) is 29.2 Å². The summed E-state index contributed by atoms with van der Waals surface area (Å²) < 4.78 is 27.7. The normalized spacial score (nSPS) is 12.8. The number of carbonyl (C=O) groups excluding carboxylic acids is 2. The summed E-state index contributed by atoms with van der Waals surface area (Å²) in [5.41, 5.74) is 0.191. The number of carbonyl (C=O) groups is 2. The van der Waals surface area contributed by atoms with Crippen LogP contribution in [-0.2, 0) is 19.4 Å². The van der Waals surface area contributed by atoms with Gasteiger partial charge in [0.15, 0.2) is 15.9 Å². The molecule has 1 aromatic carbocycles. The third kappa shape index (κ3) is 5.48. The second-order valence-corrected chi connectivity index (χ2v) is 7.50. The van der Waals surface area contributed by atoms with Gasteiger partial charge < -0.3 is 10.1 Å². The number of amides is 1. The quantitative estimate of drug-likeness (QED) is 0.798. The van der Waals surface area contributed by atoms with Crippen molar-refractivity contribution in [3.05, 3.63) is 29.8 Å². The van der Waals surface area contributed by atoms with E-state index in [4.69, 9.17) is 4.74 Å². The molecule has 1 N–H and O–H groups in total. The Morgan fingerprint density at radius 2 is 1.68 bits per heavy atom. The molecule has 0 radical (unpaired) electrons. The lowest BCUT2D eigenvalue weighted by Gasteiger charge is -2.14. The van der Waals surface area contributed by atoms with Gasteiger partial charge in [-0.3, -0.25) is 4.79 Å². The van der Waals surface area contributed by atoms with E-state index in [1.807, 2.05) is 13.8 Å². The average Bonchev–Trinajstić information content (AvgIpc) is 2.43. The van der Waals surface area contributed by atoms with Crippen molar-refractivity contribution in [1.82, 2.24) is 5.32 Å². The Kier molecular flexibility index (Phi) is 6.11. The molecule has 6 nitrogen and oxygen atoms in total. The van der Waals surface area contributed by atoms with Crippen LogP contribution in [0.2, 0.25) is 0 Å². The smallest absolute Gasteiger partial charge is 0.338 e. The molecular weight excluding hydrogens is 306 g/mol. The highest BCUT2D eigenvalue weighted by molar-refractivity contribution is 7.90. The number of hydrogen-bond donors (Lipinski definition) is 1. The lowest BCUT2D eigenvalue weighted by molar-refractivity contribution is -0.129. The van der Waals surface area contributed by atoms with Crippen LogP contribution < -0.4 is 5.32 Å². The van der Waals surface area contributed by atoms with Gasteiger partial charge in [0.2, 0.25) is 0 Å². The zero-order valence-electron chi connectivity index (χ0n) is 13.1. The predicted octanol–water partition coefficient (Wildman–Crippen LogP) is 1.41. The van der Waals surface area contributed by atoms with Crippen LogP contribution in [0.25, 0.3) is 0 Å². The number of rotatable bonds is 6. The first-order chi connectivity index (χ1) is 10.1. The van der Waals surface area contributed by atoms with E-state index in [2.05, 4.69) is 5.32 Å². The second kappa shape index (κ2) is 7.40. The lowest BCUT2D eigenvalue weighted by atomic mass is 10.2. The molecule has 0 fully saturated rings. The molecule has 0 aromatic heterocycles. The first-order valence-corrected chi connectivity index (χ1v) is 8.79. The van der Waals surface area contributed by atoms with Crippen LogP contribution >= 0.6 is 0 Å². The zero-order valence-corrected chi connectivity index (χ0v) is 13.9. The molecule has 1 atom stereocenters. The minimum atomic E-state index is -3.31. The highest BCUT2D eigenvalue weighted by Crippen LogP contribution is 2.12. The number of hydrogen-bond acceptors (Lipinski definition) is 5. The third-order valence-corrected chi connectivity index (χ3v) is 3.98. The van der Waals surface area contributed by atoms with Gasteiger partial charge in [0, 0.05) is 12.8 Å². The first kappa shape index (κ1) is 18.2. The van der Waals surface area contributed by atoms with Crippen molar-refractivity contribution in [1.29, 1.82) is 0 Å². The summed E-state index contributed by atoms with van der Waals surface area (Å²) in [6.45, 7) is 5.91. The Morgan fingerprint density at radius 1 is 1.14 bits per heavy atom. The van der Waals surface area contributed by atoms with Crippen molar-refractivity contribution in [2.75, 3.05) is 12.8 Å². The minimum Gasteiger partial charge on any atom is -0.449 e. The van der Waals surface area contributed by atoms with Crippen molar-refractivity contribution in [2.45, 2.75) is 31.8 Å². The SMILES string of the molecule is CC(C)CNC(=O)[C@H](C)OC(=O)c1ccc(S(C)(=O)=O)cc1. The van der Waals surface area contributed by atoms with Crippen LogP contribution in [0.5, 0.6) is 0 Å². The van der Waals surface area contributed by atoms with Crippen LogP contribution in [0.4, 0.5) is 0 Å². The second-order valence-electron chi connectivity index (χ2n) is 5.48. The van der Waals surface area contributed by atoms with Gasteiger partial charge in [-0.15, -0.1) is 0 Å². The molecule has 22 heavy (non-hydrogen) atoms. The van der Waals surface area contributed by atoms with Crippen molar-refractivity contribution in [3.63, 3.8) is 0 Å². The monoisotopic (exact) mass is 327 g/mol. The molecule has 7 heteroatoms. The van der Waals surface area contributed by atoms with Crippen LogP contribution in [0.3, 0.4) is 0 Å². The Labute approximate surface area is 130 Å². The molecule has 0 aliphatic rings. The molecule has 0 saturated carbocycles. The molecule has 0 bridgehead atoms.